The third kappa shape index (κ3) is 4.19. The average Bonchev–Trinajstić information content (AvgIpc) is 2.50. The number of benzene rings is 2. The standard InChI is InChI=1S/C18H20N2O2/c1-12-4-8-16(9-5-12)19-13(2)18(22)20-17-10-6-15(7-11-17)14(3)21/h4-11,13,19H,1-3H3,(H,20,22)/t13-/m1/s1. The number of anilines is 2. The summed E-state index contributed by atoms with van der Waals surface area (Å²) in [5.74, 6) is -0.122. The molecule has 0 aliphatic rings. The van der Waals surface area contributed by atoms with E-state index in [-0.39, 0.29) is 17.7 Å². The number of aryl methyl sites for hydroxylation is 1. The van der Waals surface area contributed by atoms with Crippen LogP contribution < -0.4 is 10.6 Å². The lowest BCUT2D eigenvalue weighted by molar-refractivity contribution is -0.116. The summed E-state index contributed by atoms with van der Waals surface area (Å²) in [6.07, 6.45) is 0. The summed E-state index contributed by atoms with van der Waals surface area (Å²) < 4.78 is 0. The Morgan fingerprint density at radius 3 is 2.00 bits per heavy atom. The molecule has 0 fully saturated rings. The van der Waals surface area contributed by atoms with Crippen LogP contribution in [0.25, 0.3) is 0 Å². The predicted octanol–water partition coefficient (Wildman–Crippen LogP) is 3.64. The summed E-state index contributed by atoms with van der Waals surface area (Å²) in [5.41, 5.74) is 3.38. The highest BCUT2D eigenvalue weighted by Crippen LogP contribution is 2.13. The zero-order valence-corrected chi connectivity index (χ0v) is 13.0. The summed E-state index contributed by atoms with van der Waals surface area (Å²) >= 11 is 0. The van der Waals surface area contributed by atoms with E-state index >= 15 is 0 Å². The summed E-state index contributed by atoms with van der Waals surface area (Å²) in [6.45, 7) is 5.34. The van der Waals surface area contributed by atoms with Gasteiger partial charge in [-0.25, -0.2) is 0 Å². The van der Waals surface area contributed by atoms with Crippen LogP contribution in [0.1, 0.15) is 29.8 Å². The van der Waals surface area contributed by atoms with Gasteiger partial charge in [0.15, 0.2) is 5.78 Å². The molecule has 0 aliphatic carbocycles. The van der Waals surface area contributed by atoms with Gasteiger partial charge < -0.3 is 10.6 Å². The molecule has 2 aromatic rings. The van der Waals surface area contributed by atoms with Crippen molar-refractivity contribution in [2.45, 2.75) is 26.8 Å². The molecule has 114 valence electrons. The van der Waals surface area contributed by atoms with E-state index in [0.29, 0.717) is 11.3 Å². The highest BCUT2D eigenvalue weighted by Gasteiger charge is 2.12. The summed E-state index contributed by atoms with van der Waals surface area (Å²) in [4.78, 5) is 23.4. The normalized spacial score (nSPS) is 11.6. The number of carbonyl (C=O) groups excluding carboxylic acids is 2. The first kappa shape index (κ1) is 15.8. The second-order valence-corrected chi connectivity index (χ2v) is 5.35. The van der Waals surface area contributed by atoms with Crippen LogP contribution in [0.3, 0.4) is 0 Å². The number of amides is 1. The summed E-state index contributed by atoms with van der Waals surface area (Å²) in [5, 5.41) is 5.98. The molecule has 0 aliphatic heterocycles. The zero-order valence-electron chi connectivity index (χ0n) is 13.0. The Kier molecular flexibility index (Phi) is 4.94. The Labute approximate surface area is 130 Å². The Morgan fingerprint density at radius 2 is 1.45 bits per heavy atom. The third-order valence-electron chi connectivity index (χ3n) is 3.39. The zero-order chi connectivity index (χ0) is 16.1. The van der Waals surface area contributed by atoms with Crippen molar-refractivity contribution in [3.63, 3.8) is 0 Å². The van der Waals surface area contributed by atoms with Crippen molar-refractivity contribution < 1.29 is 9.59 Å². The SMILES string of the molecule is CC(=O)c1ccc(NC(=O)[C@@H](C)Nc2ccc(C)cc2)cc1. The largest absolute Gasteiger partial charge is 0.374 e. The molecule has 2 aromatic carbocycles. The highest BCUT2D eigenvalue weighted by atomic mass is 16.2. The second-order valence-electron chi connectivity index (χ2n) is 5.35. The maximum absolute atomic E-state index is 12.2. The van der Waals surface area contributed by atoms with Gasteiger partial charge in [0.2, 0.25) is 5.91 Å². The first-order chi connectivity index (χ1) is 10.5. The van der Waals surface area contributed by atoms with E-state index in [1.165, 1.54) is 12.5 Å². The molecule has 0 saturated heterocycles. The highest BCUT2D eigenvalue weighted by molar-refractivity contribution is 5.97. The first-order valence-corrected chi connectivity index (χ1v) is 7.21. The molecule has 22 heavy (non-hydrogen) atoms. The van der Waals surface area contributed by atoms with Gasteiger partial charge in [-0.2, -0.15) is 0 Å². The average molecular weight is 296 g/mol. The lowest BCUT2D eigenvalue weighted by Gasteiger charge is -2.15. The van der Waals surface area contributed by atoms with Crippen molar-refractivity contribution in [3.8, 4) is 0 Å². The monoisotopic (exact) mass is 296 g/mol. The lowest BCUT2D eigenvalue weighted by atomic mass is 10.1. The fraction of sp³-hybridized carbons (Fsp3) is 0.222. The fourth-order valence-corrected chi connectivity index (χ4v) is 2.00. The van der Waals surface area contributed by atoms with Gasteiger partial charge in [-0.3, -0.25) is 9.59 Å². The van der Waals surface area contributed by atoms with Crippen LogP contribution in [0.5, 0.6) is 0 Å². The molecule has 0 bridgehead atoms. The van der Waals surface area contributed by atoms with E-state index < -0.39 is 0 Å². The molecule has 1 amide bonds. The van der Waals surface area contributed by atoms with Gasteiger partial charge in [0.25, 0.3) is 0 Å². The van der Waals surface area contributed by atoms with E-state index in [1.54, 1.807) is 31.2 Å². The molecule has 4 nitrogen and oxygen atoms in total. The van der Waals surface area contributed by atoms with Gasteiger partial charge in [-0.15, -0.1) is 0 Å². The Morgan fingerprint density at radius 1 is 0.909 bits per heavy atom. The quantitative estimate of drug-likeness (QED) is 0.828. The number of rotatable bonds is 5. The van der Waals surface area contributed by atoms with Crippen LogP contribution in [0, 0.1) is 6.92 Å². The van der Waals surface area contributed by atoms with Gasteiger partial charge in [0.05, 0.1) is 0 Å². The van der Waals surface area contributed by atoms with E-state index in [0.717, 1.165) is 5.69 Å². The molecule has 0 aromatic heterocycles. The molecule has 2 N–H and O–H groups in total. The van der Waals surface area contributed by atoms with Crippen LogP contribution in [0.2, 0.25) is 0 Å². The number of hydrogen-bond donors (Lipinski definition) is 2. The van der Waals surface area contributed by atoms with Crippen molar-refractivity contribution in [1.82, 2.24) is 0 Å². The van der Waals surface area contributed by atoms with Crippen LogP contribution in [-0.2, 0) is 4.79 Å². The first-order valence-electron chi connectivity index (χ1n) is 7.21. The Hall–Kier alpha value is -2.62. The predicted molar refractivity (Wildman–Crippen MR) is 89.3 cm³/mol. The second kappa shape index (κ2) is 6.89. The molecular weight excluding hydrogens is 276 g/mol. The van der Waals surface area contributed by atoms with Gasteiger partial charge in [0, 0.05) is 16.9 Å². The van der Waals surface area contributed by atoms with Crippen LogP contribution >= 0.6 is 0 Å². The van der Waals surface area contributed by atoms with Crippen LogP contribution in [0.4, 0.5) is 11.4 Å². The smallest absolute Gasteiger partial charge is 0.246 e. The minimum Gasteiger partial charge on any atom is -0.374 e. The molecule has 2 rings (SSSR count). The molecule has 0 saturated carbocycles. The van der Waals surface area contributed by atoms with E-state index in [9.17, 15) is 9.59 Å². The van der Waals surface area contributed by atoms with Gasteiger partial charge in [0.1, 0.15) is 6.04 Å². The number of carbonyl (C=O) groups is 2. The molecule has 0 unspecified atom stereocenters. The van der Waals surface area contributed by atoms with Crippen LogP contribution in [0.15, 0.2) is 48.5 Å². The van der Waals surface area contributed by atoms with Crippen molar-refractivity contribution in [3.05, 3.63) is 59.7 Å². The molecule has 0 radical (unpaired) electrons. The van der Waals surface area contributed by atoms with Gasteiger partial charge in [-0.1, -0.05) is 17.7 Å². The number of Topliss-reactive ketones (excluding diaryl/α,β-unsaturated/α-hetero) is 1. The van der Waals surface area contributed by atoms with Crippen molar-refractivity contribution in [1.29, 1.82) is 0 Å². The van der Waals surface area contributed by atoms with Crippen molar-refractivity contribution >= 4 is 23.1 Å². The molecule has 4 heteroatoms. The Balaban J connectivity index is 1.95. The summed E-state index contributed by atoms with van der Waals surface area (Å²) in [6, 6.07) is 14.4. The molecule has 0 spiro atoms. The van der Waals surface area contributed by atoms with Gasteiger partial charge >= 0.3 is 0 Å². The lowest BCUT2D eigenvalue weighted by Crippen LogP contribution is -2.31. The summed E-state index contributed by atoms with van der Waals surface area (Å²) in [7, 11) is 0. The van der Waals surface area contributed by atoms with Crippen molar-refractivity contribution in [2.75, 3.05) is 10.6 Å². The molecular formula is C18H20N2O2. The van der Waals surface area contributed by atoms with E-state index in [1.807, 2.05) is 31.2 Å². The third-order valence-corrected chi connectivity index (χ3v) is 3.39. The Bertz CT molecular complexity index is 660. The van der Waals surface area contributed by atoms with E-state index in [2.05, 4.69) is 10.6 Å². The maximum Gasteiger partial charge on any atom is 0.246 e. The molecule has 0 heterocycles. The van der Waals surface area contributed by atoms with E-state index in [4.69, 9.17) is 0 Å². The maximum atomic E-state index is 12.2. The van der Waals surface area contributed by atoms with Crippen LogP contribution in [-0.4, -0.2) is 17.7 Å². The fourth-order valence-electron chi connectivity index (χ4n) is 2.00. The van der Waals surface area contributed by atoms with Crippen molar-refractivity contribution in [2.24, 2.45) is 0 Å². The topological polar surface area (TPSA) is 58.2 Å². The minimum atomic E-state index is -0.366. The van der Waals surface area contributed by atoms with Gasteiger partial charge in [-0.05, 0) is 57.2 Å². The minimum absolute atomic E-state index is 0.00674. The number of hydrogen-bond acceptors (Lipinski definition) is 3. The number of nitrogens with one attached hydrogen (secondary N) is 2. The molecule has 1 atom stereocenters. The number of ketones is 1.